The maximum absolute atomic E-state index is 12.0. The number of carbonyl (C=O) groups excluding carboxylic acids is 1. The Labute approximate surface area is 126 Å². The average Bonchev–Trinajstić information content (AvgIpc) is 2.33. The Morgan fingerprint density at radius 3 is 2.45 bits per heavy atom. The Morgan fingerprint density at radius 2 is 1.90 bits per heavy atom. The number of rotatable bonds is 5. The molecule has 0 saturated carbocycles. The molecule has 0 atom stereocenters. The van der Waals surface area contributed by atoms with Crippen molar-refractivity contribution in [3.63, 3.8) is 0 Å². The van der Waals surface area contributed by atoms with Gasteiger partial charge in [0.1, 0.15) is 6.61 Å². The summed E-state index contributed by atoms with van der Waals surface area (Å²) in [6.45, 7) is -1.16. The number of alkyl halides is 3. The zero-order chi connectivity index (χ0) is 15.4. The van der Waals surface area contributed by atoms with Gasteiger partial charge in [-0.15, -0.1) is 0 Å². The van der Waals surface area contributed by atoms with Gasteiger partial charge >= 0.3 is 21.5 Å². The van der Waals surface area contributed by atoms with Crippen LogP contribution in [0.3, 0.4) is 0 Å². The van der Waals surface area contributed by atoms with Crippen LogP contribution in [-0.4, -0.2) is 33.0 Å². The molecule has 0 aromatic heterocycles. The van der Waals surface area contributed by atoms with Crippen LogP contribution in [0.5, 0.6) is 0 Å². The smallest absolute Gasteiger partial charge is 0.461 e. The number of nitrogens with one attached hydrogen (secondary N) is 1. The molecule has 0 aliphatic heterocycles. The van der Waals surface area contributed by atoms with Crippen molar-refractivity contribution in [3.8, 4) is 0 Å². The molecule has 5 nitrogen and oxygen atoms in total. The molecule has 10 heteroatoms. The first-order valence-electron chi connectivity index (χ1n) is 5.13. The minimum Gasteiger partial charge on any atom is -0.461 e. The van der Waals surface area contributed by atoms with Crippen molar-refractivity contribution < 1.29 is 31.1 Å². The molecule has 0 heterocycles. The number of ether oxygens (including phenoxy) is 1. The van der Waals surface area contributed by atoms with Crippen molar-refractivity contribution in [3.05, 3.63) is 33.4 Å². The molecule has 0 amide bonds. The third kappa shape index (κ3) is 4.59. The first-order chi connectivity index (χ1) is 9.15. The third-order valence-electron chi connectivity index (χ3n) is 2.03. The second-order valence-corrected chi connectivity index (χ2v) is 6.38. The molecule has 0 unspecified atom stereocenters. The fourth-order valence-electron chi connectivity index (χ4n) is 1.11. The molecule has 20 heavy (non-hydrogen) atoms. The monoisotopic (exact) mass is 423 g/mol. The lowest BCUT2D eigenvalue weighted by Crippen LogP contribution is -2.38. The van der Waals surface area contributed by atoms with Crippen molar-refractivity contribution >= 4 is 38.6 Å². The van der Waals surface area contributed by atoms with Gasteiger partial charge < -0.3 is 4.74 Å². The molecular formula is C10H9F3INO4S. The number of hydrogen-bond donors (Lipinski definition) is 1. The fourth-order valence-corrected chi connectivity index (χ4v) is 2.23. The zero-order valence-electron chi connectivity index (χ0n) is 9.78. The van der Waals surface area contributed by atoms with E-state index in [1.807, 2.05) is 22.6 Å². The Hall–Kier alpha value is -0.880. The van der Waals surface area contributed by atoms with E-state index in [-0.39, 0.29) is 5.56 Å². The molecule has 112 valence electrons. The predicted octanol–water partition coefficient (Wildman–Crippen LogP) is 1.89. The van der Waals surface area contributed by atoms with E-state index in [9.17, 15) is 26.4 Å². The van der Waals surface area contributed by atoms with E-state index in [1.165, 1.54) is 10.8 Å². The van der Waals surface area contributed by atoms with E-state index >= 15 is 0 Å². The summed E-state index contributed by atoms with van der Waals surface area (Å²) >= 11 is 1.90. The van der Waals surface area contributed by atoms with Crippen LogP contribution in [0.2, 0.25) is 0 Å². The minimum absolute atomic E-state index is 0.256. The Morgan fingerprint density at radius 1 is 1.30 bits per heavy atom. The average molecular weight is 423 g/mol. The van der Waals surface area contributed by atoms with Gasteiger partial charge in [-0.25, -0.2) is 17.9 Å². The van der Waals surface area contributed by atoms with Crippen LogP contribution in [0.25, 0.3) is 0 Å². The van der Waals surface area contributed by atoms with Crippen LogP contribution in [0.1, 0.15) is 10.4 Å². The SMILES string of the molecule is O=C(OCCNS(=O)(=O)C(F)(F)F)c1ccccc1I. The molecule has 0 saturated heterocycles. The number of esters is 1. The summed E-state index contributed by atoms with van der Waals surface area (Å²) in [7, 11) is -5.41. The maximum Gasteiger partial charge on any atom is 0.511 e. The van der Waals surface area contributed by atoms with Crippen molar-refractivity contribution in [1.82, 2.24) is 4.72 Å². The molecule has 0 radical (unpaired) electrons. The molecule has 0 fully saturated rings. The highest BCUT2D eigenvalue weighted by Gasteiger charge is 2.45. The normalized spacial score (nSPS) is 12.2. The van der Waals surface area contributed by atoms with Gasteiger partial charge in [0.2, 0.25) is 0 Å². The van der Waals surface area contributed by atoms with Crippen LogP contribution >= 0.6 is 22.6 Å². The summed E-state index contributed by atoms with van der Waals surface area (Å²) in [5.74, 6) is -0.735. The quantitative estimate of drug-likeness (QED) is 0.446. The summed E-state index contributed by atoms with van der Waals surface area (Å²) < 4.78 is 63.8. The van der Waals surface area contributed by atoms with Crippen molar-refractivity contribution in [2.75, 3.05) is 13.2 Å². The first kappa shape index (κ1) is 17.2. The Kier molecular flexibility index (Phi) is 5.77. The standard InChI is InChI=1S/C10H9F3INO4S/c11-10(12,13)20(17,18)15-5-6-19-9(16)7-3-1-2-4-8(7)14/h1-4,15H,5-6H2. The summed E-state index contributed by atoms with van der Waals surface area (Å²) in [5.41, 5.74) is -5.13. The zero-order valence-corrected chi connectivity index (χ0v) is 12.8. The summed E-state index contributed by atoms with van der Waals surface area (Å²) in [6.07, 6.45) is 0. The Bertz CT molecular complexity index is 588. The van der Waals surface area contributed by atoms with E-state index in [2.05, 4.69) is 4.74 Å². The molecule has 0 aliphatic rings. The van der Waals surface area contributed by atoms with Crippen LogP contribution in [0, 0.1) is 3.57 Å². The van der Waals surface area contributed by atoms with Crippen molar-refractivity contribution in [1.29, 1.82) is 0 Å². The van der Waals surface area contributed by atoms with Gasteiger partial charge in [-0.2, -0.15) is 13.2 Å². The van der Waals surface area contributed by atoms with Gasteiger partial charge in [0.25, 0.3) is 0 Å². The van der Waals surface area contributed by atoms with Crippen LogP contribution < -0.4 is 4.72 Å². The van der Waals surface area contributed by atoms with E-state index in [1.54, 1.807) is 18.2 Å². The highest BCUT2D eigenvalue weighted by Crippen LogP contribution is 2.21. The lowest BCUT2D eigenvalue weighted by atomic mass is 10.2. The van der Waals surface area contributed by atoms with Gasteiger partial charge in [0, 0.05) is 10.1 Å². The van der Waals surface area contributed by atoms with Gasteiger partial charge in [0.15, 0.2) is 0 Å². The molecule has 1 aromatic carbocycles. The second-order valence-electron chi connectivity index (χ2n) is 3.46. The molecule has 1 rings (SSSR count). The summed E-state index contributed by atoms with van der Waals surface area (Å²) in [4.78, 5) is 11.6. The van der Waals surface area contributed by atoms with Gasteiger partial charge in [-0.05, 0) is 34.7 Å². The van der Waals surface area contributed by atoms with E-state index < -0.39 is 34.7 Å². The number of hydrogen-bond acceptors (Lipinski definition) is 4. The van der Waals surface area contributed by atoms with Crippen molar-refractivity contribution in [2.45, 2.75) is 5.51 Å². The van der Waals surface area contributed by atoms with E-state index in [0.717, 1.165) is 0 Å². The topological polar surface area (TPSA) is 72.5 Å². The van der Waals surface area contributed by atoms with Crippen molar-refractivity contribution in [2.24, 2.45) is 0 Å². The number of carbonyl (C=O) groups is 1. The molecule has 0 aliphatic carbocycles. The summed E-state index contributed by atoms with van der Waals surface area (Å²) in [6, 6.07) is 6.45. The fraction of sp³-hybridized carbons (Fsp3) is 0.300. The minimum atomic E-state index is -5.41. The van der Waals surface area contributed by atoms with Gasteiger partial charge in [0.05, 0.1) is 5.56 Å². The molecular weight excluding hydrogens is 414 g/mol. The van der Waals surface area contributed by atoms with E-state index in [4.69, 9.17) is 0 Å². The summed E-state index contributed by atoms with van der Waals surface area (Å²) in [5, 5.41) is 0. The van der Waals surface area contributed by atoms with Gasteiger partial charge in [-0.1, -0.05) is 12.1 Å². The third-order valence-corrected chi connectivity index (χ3v) is 4.16. The lowest BCUT2D eigenvalue weighted by Gasteiger charge is -2.10. The maximum atomic E-state index is 12.0. The first-order valence-corrected chi connectivity index (χ1v) is 7.69. The highest BCUT2D eigenvalue weighted by molar-refractivity contribution is 14.1. The Balaban J connectivity index is 2.47. The van der Waals surface area contributed by atoms with Crippen LogP contribution in [-0.2, 0) is 14.8 Å². The van der Waals surface area contributed by atoms with Crippen LogP contribution in [0.15, 0.2) is 24.3 Å². The molecule has 0 spiro atoms. The largest absolute Gasteiger partial charge is 0.511 e. The molecule has 1 aromatic rings. The van der Waals surface area contributed by atoms with Crippen LogP contribution in [0.4, 0.5) is 13.2 Å². The molecule has 1 N–H and O–H groups in total. The second kappa shape index (κ2) is 6.72. The predicted molar refractivity (Wildman–Crippen MR) is 72.4 cm³/mol. The molecule has 0 bridgehead atoms. The van der Waals surface area contributed by atoms with Gasteiger partial charge in [-0.3, -0.25) is 0 Å². The number of halogens is 4. The lowest BCUT2D eigenvalue weighted by molar-refractivity contribution is -0.0448. The number of benzene rings is 1. The highest BCUT2D eigenvalue weighted by atomic mass is 127. The van der Waals surface area contributed by atoms with E-state index in [0.29, 0.717) is 3.57 Å². The number of sulfonamides is 1.